The summed E-state index contributed by atoms with van der Waals surface area (Å²) in [5.74, 6) is 9.37. The maximum absolute atomic E-state index is 6.44. The first-order valence-electron chi connectivity index (χ1n) is 22.8. The molecule has 0 aliphatic heterocycles. The second-order valence-electron chi connectivity index (χ2n) is 19.0. The van der Waals surface area contributed by atoms with Crippen molar-refractivity contribution < 1.29 is 24.5 Å². The number of hydrogen-bond acceptors (Lipinski definition) is 4. The first-order chi connectivity index (χ1) is 30.4. The zero-order valence-corrected chi connectivity index (χ0v) is 42.9. The quantitative estimate of drug-likeness (QED) is 0.112. The molecule has 4 aromatic heterocycles. The fourth-order valence-corrected chi connectivity index (χ4v) is 11.4. The Kier molecular flexibility index (Phi) is 13.6. The van der Waals surface area contributed by atoms with Crippen LogP contribution in [-0.2, 0) is 20.1 Å². The van der Waals surface area contributed by atoms with Crippen LogP contribution < -0.4 is 4.40 Å². The maximum Gasteiger partial charge on any atom is 0 e. The van der Waals surface area contributed by atoms with E-state index >= 15 is 0 Å². The van der Waals surface area contributed by atoms with Gasteiger partial charge in [0.1, 0.15) is 0 Å². The summed E-state index contributed by atoms with van der Waals surface area (Å²) in [4.78, 5) is 14.6. The second kappa shape index (κ2) is 19.1. The second-order valence-corrected chi connectivity index (χ2v) is 29.6. The predicted octanol–water partition coefficient (Wildman–Crippen LogP) is 15.1. The molecule has 1 radical (unpaired) electrons. The van der Waals surface area contributed by atoms with E-state index in [-0.39, 0.29) is 20.1 Å². The van der Waals surface area contributed by atoms with Gasteiger partial charge >= 0.3 is 137 Å². The first kappa shape index (κ1) is 45.4. The Labute approximate surface area is 395 Å². The third-order valence-electron chi connectivity index (χ3n) is 12.8. The molecule has 1 aliphatic carbocycles. The Bertz CT molecular complexity index is 3000. The third kappa shape index (κ3) is 9.20. The van der Waals surface area contributed by atoms with Gasteiger partial charge in [0, 0.05) is 36.9 Å². The van der Waals surface area contributed by atoms with E-state index in [1.807, 2.05) is 25.1 Å². The van der Waals surface area contributed by atoms with Crippen LogP contribution in [-0.4, -0.2) is 32.8 Å². The fourth-order valence-electron chi connectivity index (χ4n) is 9.20. The maximum atomic E-state index is 6.44. The van der Waals surface area contributed by atoms with Crippen LogP contribution in [0.2, 0.25) is 17.3 Å². The van der Waals surface area contributed by atoms with Gasteiger partial charge in [-0.3, -0.25) is 4.98 Å². The molecular formula is C57H58GeIrN4O-2. The number of furan rings is 1. The Balaban J connectivity index is 0.000000206. The molecule has 0 amide bonds. The Morgan fingerprint density at radius 1 is 0.719 bits per heavy atom. The molecule has 1 aliphatic rings. The van der Waals surface area contributed by atoms with Crippen molar-refractivity contribution >= 4 is 50.8 Å². The molecule has 0 N–H and O–H groups in total. The van der Waals surface area contributed by atoms with E-state index in [2.05, 4.69) is 181 Å². The van der Waals surface area contributed by atoms with E-state index in [4.69, 9.17) is 9.40 Å². The number of benzene rings is 5. The Hall–Kier alpha value is -5.14. The molecule has 10 rings (SSSR count). The van der Waals surface area contributed by atoms with Crippen LogP contribution in [0.5, 0.6) is 0 Å². The van der Waals surface area contributed by atoms with Gasteiger partial charge in [0.2, 0.25) is 5.71 Å². The third-order valence-corrected chi connectivity index (χ3v) is 17.0. The van der Waals surface area contributed by atoms with Gasteiger partial charge in [0.05, 0.1) is 22.4 Å². The van der Waals surface area contributed by atoms with Gasteiger partial charge < -0.3 is 8.98 Å². The number of rotatable bonds is 8. The summed E-state index contributed by atoms with van der Waals surface area (Å²) in [5.41, 5.74) is 15.0. The van der Waals surface area contributed by atoms with Gasteiger partial charge in [-0.05, 0) is 77.4 Å². The minimum atomic E-state index is -1.76. The molecular weight excluding hydrogens is 1020 g/mol. The van der Waals surface area contributed by atoms with E-state index in [0.717, 1.165) is 61.6 Å². The molecule has 0 spiro atoms. The van der Waals surface area contributed by atoms with E-state index < -0.39 is 13.3 Å². The van der Waals surface area contributed by atoms with E-state index in [0.29, 0.717) is 17.5 Å². The molecule has 0 unspecified atom stereocenters. The minimum absolute atomic E-state index is 0. The van der Waals surface area contributed by atoms with E-state index in [1.54, 1.807) is 0 Å². The molecule has 7 heteroatoms. The van der Waals surface area contributed by atoms with Gasteiger partial charge in [-0.15, -0.1) is 18.2 Å². The number of nitrogens with zero attached hydrogens (tertiary/aromatic N) is 4. The fraction of sp³-hybridized carbons (Fsp3) is 0.281. The molecule has 0 saturated heterocycles. The Morgan fingerprint density at radius 2 is 1.44 bits per heavy atom. The molecule has 327 valence electrons. The van der Waals surface area contributed by atoms with Crippen LogP contribution in [0.3, 0.4) is 0 Å². The molecule has 0 atom stereocenters. The van der Waals surface area contributed by atoms with Crippen molar-refractivity contribution in [2.75, 3.05) is 0 Å². The van der Waals surface area contributed by atoms with Crippen LogP contribution in [0, 0.1) is 19.1 Å². The molecule has 1 fully saturated rings. The number of para-hydroxylation sites is 2. The van der Waals surface area contributed by atoms with Crippen molar-refractivity contribution in [3.8, 4) is 39.5 Å². The molecule has 4 heterocycles. The van der Waals surface area contributed by atoms with Crippen molar-refractivity contribution in [3.63, 3.8) is 0 Å². The minimum Gasteiger partial charge on any atom is 0 e. The Morgan fingerprint density at radius 3 is 2.09 bits per heavy atom. The van der Waals surface area contributed by atoms with Crippen LogP contribution in [0.4, 0.5) is 0 Å². The van der Waals surface area contributed by atoms with Crippen molar-refractivity contribution in [1.29, 1.82) is 0 Å². The van der Waals surface area contributed by atoms with Crippen LogP contribution >= 0.6 is 0 Å². The average molecular weight is 1080 g/mol. The zero-order chi connectivity index (χ0) is 43.8. The number of pyridine rings is 2. The van der Waals surface area contributed by atoms with Gasteiger partial charge in [-0.25, -0.2) is 4.98 Å². The van der Waals surface area contributed by atoms with E-state index in [1.165, 1.54) is 70.0 Å². The predicted molar refractivity (Wildman–Crippen MR) is 266 cm³/mol. The summed E-state index contributed by atoms with van der Waals surface area (Å²) in [6.07, 6.45) is 8.95. The first-order valence-corrected chi connectivity index (χ1v) is 30.2. The average Bonchev–Trinajstić information content (AvgIpc) is 3.87. The van der Waals surface area contributed by atoms with Gasteiger partial charge in [-0.1, -0.05) is 81.1 Å². The molecule has 64 heavy (non-hydrogen) atoms. The van der Waals surface area contributed by atoms with Crippen LogP contribution in [0.15, 0.2) is 132 Å². The number of imidazole rings is 1. The number of aryl methyl sites for hydroxylation is 1. The largest absolute Gasteiger partial charge is 0 e. The summed E-state index contributed by atoms with van der Waals surface area (Å²) in [5, 5.41) is 2.02. The monoisotopic (exact) mass is 1080 g/mol. The van der Waals surface area contributed by atoms with Gasteiger partial charge in [0.15, 0.2) is 0 Å². The SMILES string of the molecule is Cc1ccc2c(n1)oc1c(-c3nc4ccccc4n3-c3c(C(C)C)cc(-c4ccccc4)cc3C(C)C)[c-]ccc12.[CH3][Ge]([CH3])([CH3])[c]1ccc(-c2[c-]cc(C3CCCCC3)cc2)nc1.[Ir]. The standard InChI is InChI=1S/C37H32N3O.C20H26GeN.Ir/c1-22(2)30-20-26(25-12-7-6-8-13-25)21-31(23(3)4)34(30)40-33-17-10-9-16-32(33)39-36(40)29-15-11-14-27-28-19-18-24(5)38-37(28)41-35(27)29;1-21(2,3)19-13-14-20(22-15-19)18-11-9-17(10-12-18)16-7-5-4-6-8-16;/h6-14,16-23H,1-5H3;9-11,13-16H,4-8H2,1-3H3;/q2*-1;. The summed E-state index contributed by atoms with van der Waals surface area (Å²) < 4.78 is 10.2. The summed E-state index contributed by atoms with van der Waals surface area (Å²) in [7, 11) is 0. The molecule has 1 saturated carbocycles. The van der Waals surface area contributed by atoms with Crippen LogP contribution in [0.1, 0.15) is 99.9 Å². The summed E-state index contributed by atoms with van der Waals surface area (Å²) in [6, 6.07) is 50.0. The molecule has 0 bridgehead atoms. The topological polar surface area (TPSA) is 56.7 Å². The molecule has 9 aromatic rings. The van der Waals surface area contributed by atoms with Crippen molar-refractivity contribution in [3.05, 3.63) is 162 Å². The molecule has 5 aromatic carbocycles. The number of hydrogen-bond donors (Lipinski definition) is 0. The van der Waals surface area contributed by atoms with Gasteiger partial charge in [-0.2, -0.15) is 0 Å². The summed E-state index contributed by atoms with van der Waals surface area (Å²) >= 11 is -1.76. The molecule has 5 nitrogen and oxygen atoms in total. The number of aromatic nitrogens is 4. The van der Waals surface area contributed by atoms with Crippen LogP contribution in [0.25, 0.3) is 72.6 Å². The number of fused-ring (bicyclic) bond motifs is 4. The smallest absolute Gasteiger partial charge is 0 e. The van der Waals surface area contributed by atoms with Gasteiger partial charge in [0.25, 0.3) is 0 Å². The van der Waals surface area contributed by atoms with Crippen molar-refractivity contribution in [1.82, 2.24) is 19.5 Å². The zero-order valence-electron chi connectivity index (χ0n) is 38.4. The van der Waals surface area contributed by atoms with E-state index in [9.17, 15) is 0 Å². The normalized spacial score (nSPS) is 13.4. The van der Waals surface area contributed by atoms with Crippen molar-refractivity contribution in [2.24, 2.45) is 0 Å². The summed E-state index contributed by atoms with van der Waals surface area (Å²) in [6.45, 7) is 11.1. The van der Waals surface area contributed by atoms with Crippen molar-refractivity contribution in [2.45, 2.75) is 102 Å².